The van der Waals surface area contributed by atoms with Gasteiger partial charge in [0.1, 0.15) is 0 Å². The first-order valence-corrected chi connectivity index (χ1v) is 6.46. The summed E-state index contributed by atoms with van der Waals surface area (Å²) in [7, 11) is 0. The van der Waals surface area contributed by atoms with Gasteiger partial charge in [-0.3, -0.25) is 4.79 Å². The van der Waals surface area contributed by atoms with Crippen molar-refractivity contribution in [1.29, 1.82) is 0 Å². The predicted octanol–water partition coefficient (Wildman–Crippen LogP) is 0.743. The van der Waals surface area contributed by atoms with Crippen LogP contribution in [0.3, 0.4) is 0 Å². The van der Waals surface area contributed by atoms with E-state index < -0.39 is 0 Å². The lowest BCUT2D eigenvalue weighted by atomic mass is 10.0. The zero-order valence-corrected chi connectivity index (χ0v) is 12.8. The van der Waals surface area contributed by atoms with E-state index in [-0.39, 0.29) is 23.4 Å². The van der Waals surface area contributed by atoms with Crippen LogP contribution in [0.5, 0.6) is 0 Å². The average molecular weight is 290 g/mol. The maximum Gasteiger partial charge on any atom is 0.252 e. The molecule has 7 nitrogen and oxygen atoms in total. The van der Waals surface area contributed by atoms with Crippen LogP contribution in [-0.2, 0) is 0 Å². The highest BCUT2D eigenvalue weighted by Crippen LogP contribution is 2.22. The maximum atomic E-state index is 12.2. The van der Waals surface area contributed by atoms with Crippen molar-refractivity contribution in [3.63, 3.8) is 0 Å². The van der Waals surface area contributed by atoms with Gasteiger partial charge in [0, 0.05) is 11.1 Å². The van der Waals surface area contributed by atoms with Crippen LogP contribution in [0.4, 0.5) is 5.69 Å². The SMILES string of the molecule is Cc1c(N=C(N)N=C(N)N)cccc1C(=O)NC(C)(C)C. The molecule has 21 heavy (non-hydrogen) atoms. The molecular weight excluding hydrogens is 268 g/mol. The molecule has 1 amide bonds. The second kappa shape index (κ2) is 6.25. The molecule has 0 unspecified atom stereocenters. The van der Waals surface area contributed by atoms with Gasteiger partial charge in [0.2, 0.25) is 5.96 Å². The molecule has 7 heteroatoms. The standard InChI is InChI=1S/C14H22N6O/c1-8-9(11(21)20-14(2,3)4)6-5-7-10(8)18-13(17)19-12(15)16/h5-7H,1-4H3,(H,20,21)(H6,15,16,17,18,19). The first kappa shape index (κ1) is 16.5. The molecule has 7 N–H and O–H groups in total. The van der Waals surface area contributed by atoms with Gasteiger partial charge in [0.05, 0.1) is 5.69 Å². The van der Waals surface area contributed by atoms with Gasteiger partial charge in [0.15, 0.2) is 5.96 Å². The molecule has 1 aromatic carbocycles. The fourth-order valence-electron chi connectivity index (χ4n) is 1.68. The third-order valence-electron chi connectivity index (χ3n) is 2.52. The summed E-state index contributed by atoms with van der Waals surface area (Å²) >= 11 is 0. The number of rotatable bonds is 2. The van der Waals surface area contributed by atoms with Crippen LogP contribution in [0.2, 0.25) is 0 Å². The number of guanidine groups is 2. The van der Waals surface area contributed by atoms with E-state index in [1.165, 1.54) is 0 Å². The Morgan fingerprint density at radius 2 is 1.81 bits per heavy atom. The number of hydrogen-bond acceptors (Lipinski definition) is 2. The van der Waals surface area contributed by atoms with E-state index in [0.717, 1.165) is 0 Å². The number of nitrogens with two attached hydrogens (primary N) is 3. The summed E-state index contributed by atoms with van der Waals surface area (Å²) in [5.41, 5.74) is 17.5. The molecule has 114 valence electrons. The van der Waals surface area contributed by atoms with Crippen LogP contribution in [0, 0.1) is 6.92 Å². The number of aliphatic imine (C=N–C) groups is 2. The fourth-order valence-corrected chi connectivity index (χ4v) is 1.68. The van der Waals surface area contributed by atoms with Crippen LogP contribution < -0.4 is 22.5 Å². The fraction of sp³-hybridized carbons (Fsp3) is 0.357. The van der Waals surface area contributed by atoms with Gasteiger partial charge in [-0.05, 0) is 45.4 Å². The summed E-state index contributed by atoms with van der Waals surface area (Å²) in [6, 6.07) is 5.19. The smallest absolute Gasteiger partial charge is 0.252 e. The Hall–Kier alpha value is -2.57. The molecule has 0 atom stereocenters. The largest absolute Gasteiger partial charge is 0.370 e. The molecule has 1 rings (SSSR count). The molecule has 0 bridgehead atoms. The highest BCUT2D eigenvalue weighted by molar-refractivity contribution is 5.98. The van der Waals surface area contributed by atoms with Crippen LogP contribution in [0.1, 0.15) is 36.7 Å². The molecule has 0 aliphatic rings. The molecule has 0 saturated carbocycles. The van der Waals surface area contributed by atoms with Crippen molar-refractivity contribution < 1.29 is 4.79 Å². The summed E-state index contributed by atoms with van der Waals surface area (Å²) in [5, 5.41) is 2.90. The van der Waals surface area contributed by atoms with E-state index in [0.29, 0.717) is 16.8 Å². The van der Waals surface area contributed by atoms with Crippen LogP contribution in [-0.4, -0.2) is 23.4 Å². The zero-order valence-electron chi connectivity index (χ0n) is 12.8. The van der Waals surface area contributed by atoms with Crippen molar-refractivity contribution in [1.82, 2.24) is 5.32 Å². The lowest BCUT2D eigenvalue weighted by Gasteiger charge is -2.21. The Bertz CT molecular complexity index is 594. The van der Waals surface area contributed by atoms with Crippen molar-refractivity contribution in [3.05, 3.63) is 29.3 Å². The first-order valence-electron chi connectivity index (χ1n) is 6.46. The highest BCUT2D eigenvalue weighted by Gasteiger charge is 2.17. The second-order valence-corrected chi connectivity index (χ2v) is 5.66. The quantitative estimate of drug-likeness (QED) is 0.472. The zero-order chi connectivity index (χ0) is 16.2. The highest BCUT2D eigenvalue weighted by atomic mass is 16.1. The van der Waals surface area contributed by atoms with Crippen molar-refractivity contribution in [2.24, 2.45) is 27.2 Å². The summed E-state index contributed by atoms with van der Waals surface area (Å²) in [6.07, 6.45) is 0. The van der Waals surface area contributed by atoms with E-state index >= 15 is 0 Å². The van der Waals surface area contributed by atoms with Gasteiger partial charge in [0.25, 0.3) is 5.91 Å². The summed E-state index contributed by atoms with van der Waals surface area (Å²) in [6.45, 7) is 7.54. The van der Waals surface area contributed by atoms with Crippen molar-refractivity contribution in [2.75, 3.05) is 0 Å². The van der Waals surface area contributed by atoms with Crippen LogP contribution in [0.15, 0.2) is 28.2 Å². The van der Waals surface area contributed by atoms with Gasteiger partial charge in [-0.25, -0.2) is 4.99 Å². The maximum absolute atomic E-state index is 12.2. The Labute approximate surface area is 124 Å². The number of benzene rings is 1. The van der Waals surface area contributed by atoms with E-state index in [1.54, 1.807) is 25.1 Å². The van der Waals surface area contributed by atoms with E-state index in [4.69, 9.17) is 17.2 Å². The molecule has 0 fully saturated rings. The van der Waals surface area contributed by atoms with Gasteiger partial charge < -0.3 is 22.5 Å². The molecular formula is C14H22N6O. The van der Waals surface area contributed by atoms with Crippen LogP contribution >= 0.6 is 0 Å². The number of nitrogens with zero attached hydrogens (tertiary/aromatic N) is 2. The number of carbonyl (C=O) groups is 1. The topological polar surface area (TPSA) is 132 Å². The number of hydrogen-bond donors (Lipinski definition) is 4. The third-order valence-corrected chi connectivity index (χ3v) is 2.52. The molecule has 1 aromatic rings. The number of amides is 1. The Morgan fingerprint density at radius 1 is 1.19 bits per heavy atom. The van der Waals surface area contributed by atoms with E-state index in [9.17, 15) is 4.79 Å². The summed E-state index contributed by atoms with van der Waals surface area (Å²) < 4.78 is 0. The Morgan fingerprint density at radius 3 is 2.33 bits per heavy atom. The van der Waals surface area contributed by atoms with Gasteiger partial charge in [-0.2, -0.15) is 4.99 Å². The van der Waals surface area contributed by atoms with Gasteiger partial charge in [-0.15, -0.1) is 0 Å². The summed E-state index contributed by atoms with van der Waals surface area (Å²) in [4.78, 5) is 20.0. The molecule has 0 aliphatic carbocycles. The molecule has 0 aliphatic heterocycles. The monoisotopic (exact) mass is 290 g/mol. The second-order valence-electron chi connectivity index (χ2n) is 5.66. The average Bonchev–Trinajstić information content (AvgIpc) is 2.28. The number of carbonyl (C=O) groups excluding carboxylic acids is 1. The molecule has 0 aromatic heterocycles. The van der Waals surface area contributed by atoms with E-state index in [2.05, 4.69) is 15.3 Å². The molecule has 0 saturated heterocycles. The normalized spacial score (nSPS) is 11.9. The minimum absolute atomic E-state index is 0.0634. The summed E-state index contributed by atoms with van der Waals surface area (Å²) in [5.74, 6) is -0.403. The lowest BCUT2D eigenvalue weighted by Crippen LogP contribution is -2.40. The van der Waals surface area contributed by atoms with Gasteiger partial charge >= 0.3 is 0 Å². The Kier molecular flexibility index (Phi) is 4.91. The molecule has 0 radical (unpaired) electrons. The third kappa shape index (κ3) is 5.13. The van der Waals surface area contributed by atoms with Crippen molar-refractivity contribution in [2.45, 2.75) is 33.2 Å². The lowest BCUT2D eigenvalue weighted by molar-refractivity contribution is 0.0919. The Balaban J connectivity index is 3.15. The van der Waals surface area contributed by atoms with Gasteiger partial charge in [-0.1, -0.05) is 6.07 Å². The molecule has 0 spiro atoms. The van der Waals surface area contributed by atoms with E-state index in [1.807, 2.05) is 20.8 Å². The first-order chi connectivity index (χ1) is 9.60. The molecule has 0 heterocycles. The van der Waals surface area contributed by atoms with Crippen LogP contribution in [0.25, 0.3) is 0 Å². The van der Waals surface area contributed by atoms with Crippen molar-refractivity contribution >= 4 is 23.5 Å². The minimum Gasteiger partial charge on any atom is -0.370 e. The minimum atomic E-state index is -0.319. The number of nitrogens with one attached hydrogen (secondary N) is 1. The predicted molar refractivity (Wildman–Crippen MR) is 85.5 cm³/mol. The van der Waals surface area contributed by atoms with Crippen molar-refractivity contribution in [3.8, 4) is 0 Å².